The van der Waals surface area contributed by atoms with E-state index in [4.69, 9.17) is 0 Å². The summed E-state index contributed by atoms with van der Waals surface area (Å²) in [5.74, 6) is -1.85. The van der Waals surface area contributed by atoms with Crippen LogP contribution in [0.3, 0.4) is 0 Å². The number of hydrogen-bond acceptors (Lipinski definition) is 3. The lowest BCUT2D eigenvalue weighted by Crippen LogP contribution is -2.25. The molecule has 6 heteroatoms. The predicted molar refractivity (Wildman–Crippen MR) is 105 cm³/mol. The second-order valence-corrected chi connectivity index (χ2v) is 6.33. The van der Waals surface area contributed by atoms with Gasteiger partial charge in [-0.05, 0) is 48.0 Å². The number of amides is 1. The number of anilines is 1. The Bertz CT molecular complexity index is 1150. The highest BCUT2D eigenvalue weighted by Crippen LogP contribution is 2.22. The van der Waals surface area contributed by atoms with Crippen molar-refractivity contribution in [3.05, 3.63) is 96.2 Å². The van der Waals surface area contributed by atoms with Gasteiger partial charge in [0, 0.05) is 35.5 Å². The Labute approximate surface area is 160 Å². The first-order valence-electron chi connectivity index (χ1n) is 8.70. The van der Waals surface area contributed by atoms with Gasteiger partial charge in [-0.15, -0.1) is 0 Å². The summed E-state index contributed by atoms with van der Waals surface area (Å²) < 4.78 is 14.8. The summed E-state index contributed by atoms with van der Waals surface area (Å²) in [4.78, 5) is 29.5. The molecule has 0 unspecified atom stereocenters. The van der Waals surface area contributed by atoms with Gasteiger partial charge in [0.2, 0.25) is 0 Å². The molecule has 0 aliphatic rings. The maximum absolute atomic E-state index is 13.0. The molecule has 0 fully saturated rings. The summed E-state index contributed by atoms with van der Waals surface area (Å²) in [5, 5.41) is 3.39. The van der Waals surface area contributed by atoms with Crippen LogP contribution >= 0.6 is 0 Å². The summed E-state index contributed by atoms with van der Waals surface area (Å²) in [6.45, 7) is 0.409. The molecule has 0 bridgehead atoms. The number of nitrogens with zero attached hydrogens (tertiary/aromatic N) is 2. The fraction of sp³-hybridized carbons (Fsp3) is 0.0455. The number of fused-ring (bicyclic) bond motifs is 1. The van der Waals surface area contributed by atoms with E-state index in [9.17, 15) is 14.0 Å². The molecule has 0 spiro atoms. The van der Waals surface area contributed by atoms with Crippen molar-refractivity contribution in [2.75, 3.05) is 5.32 Å². The van der Waals surface area contributed by atoms with Gasteiger partial charge >= 0.3 is 0 Å². The van der Waals surface area contributed by atoms with Gasteiger partial charge in [0.1, 0.15) is 5.82 Å². The number of rotatable bonds is 5. The number of Topliss-reactive ketones (excluding diaryl/α,β-unsaturated/α-hetero) is 1. The van der Waals surface area contributed by atoms with E-state index >= 15 is 0 Å². The van der Waals surface area contributed by atoms with Gasteiger partial charge in [-0.2, -0.15) is 0 Å². The fourth-order valence-electron chi connectivity index (χ4n) is 3.08. The van der Waals surface area contributed by atoms with Crippen LogP contribution in [0.2, 0.25) is 0 Å². The molecule has 0 radical (unpaired) electrons. The first-order chi connectivity index (χ1) is 13.6. The Balaban J connectivity index is 1.68. The Kier molecular flexibility index (Phi) is 4.68. The number of carbonyl (C=O) groups is 2. The van der Waals surface area contributed by atoms with Gasteiger partial charge in [-0.1, -0.05) is 24.3 Å². The topological polar surface area (TPSA) is 64.0 Å². The highest BCUT2D eigenvalue weighted by atomic mass is 19.1. The molecule has 1 amide bonds. The van der Waals surface area contributed by atoms with Gasteiger partial charge < -0.3 is 9.88 Å². The minimum absolute atomic E-state index is 0.282. The lowest BCUT2D eigenvalue weighted by Gasteiger charge is -2.10. The number of halogens is 1. The highest BCUT2D eigenvalue weighted by molar-refractivity contribution is 6.46. The number of hydrogen-bond donors (Lipinski definition) is 1. The quantitative estimate of drug-likeness (QED) is 0.424. The number of para-hydroxylation sites is 1. The van der Waals surface area contributed by atoms with Crippen LogP contribution in [0.25, 0.3) is 10.9 Å². The highest BCUT2D eigenvalue weighted by Gasteiger charge is 2.22. The van der Waals surface area contributed by atoms with Crippen molar-refractivity contribution in [1.29, 1.82) is 0 Å². The molecule has 28 heavy (non-hydrogen) atoms. The monoisotopic (exact) mass is 373 g/mol. The maximum atomic E-state index is 13.0. The van der Waals surface area contributed by atoms with E-state index in [1.807, 2.05) is 36.4 Å². The van der Waals surface area contributed by atoms with Crippen molar-refractivity contribution in [1.82, 2.24) is 9.55 Å². The van der Waals surface area contributed by atoms with Crippen molar-refractivity contribution >= 4 is 28.3 Å². The van der Waals surface area contributed by atoms with E-state index in [0.29, 0.717) is 12.2 Å². The van der Waals surface area contributed by atoms with Crippen LogP contribution in [-0.4, -0.2) is 21.2 Å². The molecular weight excluding hydrogens is 357 g/mol. The van der Waals surface area contributed by atoms with Crippen LogP contribution < -0.4 is 5.32 Å². The zero-order valence-corrected chi connectivity index (χ0v) is 14.8. The molecule has 4 aromatic rings. The molecule has 138 valence electrons. The summed E-state index contributed by atoms with van der Waals surface area (Å²) in [6.07, 6.45) is 3.40. The average molecular weight is 373 g/mol. The third kappa shape index (κ3) is 3.53. The molecule has 4 rings (SSSR count). The Morgan fingerprint density at radius 3 is 2.54 bits per heavy atom. The molecule has 0 aliphatic heterocycles. The summed E-state index contributed by atoms with van der Waals surface area (Å²) >= 11 is 0. The van der Waals surface area contributed by atoms with Gasteiger partial charge in [-0.25, -0.2) is 4.39 Å². The van der Waals surface area contributed by atoms with Crippen LogP contribution in [-0.2, 0) is 11.3 Å². The lowest BCUT2D eigenvalue weighted by molar-refractivity contribution is -0.112. The van der Waals surface area contributed by atoms with Gasteiger partial charge in [-0.3, -0.25) is 14.6 Å². The van der Waals surface area contributed by atoms with Gasteiger partial charge in [0.05, 0.1) is 5.69 Å². The molecule has 2 heterocycles. The second kappa shape index (κ2) is 7.44. The molecule has 1 N–H and O–H groups in total. The van der Waals surface area contributed by atoms with Crippen LogP contribution in [0.1, 0.15) is 16.1 Å². The number of aromatic nitrogens is 2. The van der Waals surface area contributed by atoms with Crippen LogP contribution in [0.15, 0.2) is 79.1 Å². The number of benzene rings is 2. The van der Waals surface area contributed by atoms with Crippen molar-refractivity contribution in [3.63, 3.8) is 0 Å². The molecule has 2 aromatic carbocycles. The van der Waals surface area contributed by atoms with Gasteiger partial charge in [0.15, 0.2) is 0 Å². The first-order valence-corrected chi connectivity index (χ1v) is 8.70. The molecule has 0 saturated carbocycles. The van der Waals surface area contributed by atoms with Crippen LogP contribution in [0.4, 0.5) is 10.1 Å². The Morgan fingerprint density at radius 2 is 1.79 bits per heavy atom. The average Bonchev–Trinajstić information content (AvgIpc) is 3.08. The molecule has 0 aliphatic carbocycles. The fourth-order valence-corrected chi connectivity index (χ4v) is 3.08. The molecule has 2 aromatic heterocycles. The molecule has 0 atom stereocenters. The SMILES string of the molecule is O=C(Nc1ccc(F)cc1)C(=O)c1cc2ccccc2n1Cc1cccnc1. The first kappa shape index (κ1) is 17.6. The smallest absolute Gasteiger partial charge is 0.298 e. The van der Waals surface area contributed by atoms with E-state index in [2.05, 4.69) is 10.3 Å². The Hall–Kier alpha value is -3.80. The summed E-state index contributed by atoms with van der Waals surface area (Å²) in [6, 6.07) is 18.3. The van der Waals surface area contributed by atoms with E-state index in [0.717, 1.165) is 16.5 Å². The predicted octanol–water partition coefficient (Wildman–Crippen LogP) is 4.05. The largest absolute Gasteiger partial charge is 0.333 e. The van der Waals surface area contributed by atoms with E-state index in [1.165, 1.54) is 24.3 Å². The third-order valence-electron chi connectivity index (χ3n) is 4.42. The normalized spacial score (nSPS) is 10.8. The van der Waals surface area contributed by atoms with E-state index in [1.54, 1.807) is 23.0 Å². The maximum Gasteiger partial charge on any atom is 0.298 e. The molecular formula is C22H16FN3O2. The van der Waals surface area contributed by atoms with Gasteiger partial charge in [0.25, 0.3) is 11.7 Å². The molecule has 0 saturated heterocycles. The standard InChI is InChI=1S/C22H16FN3O2/c23-17-7-9-18(10-8-17)25-22(28)21(27)20-12-16-5-1-2-6-19(16)26(20)14-15-4-3-11-24-13-15/h1-13H,14H2,(H,25,28). The molecule has 5 nitrogen and oxygen atoms in total. The summed E-state index contributed by atoms with van der Waals surface area (Å²) in [5.41, 5.74) is 2.40. The number of carbonyl (C=O) groups excluding carboxylic acids is 2. The summed E-state index contributed by atoms with van der Waals surface area (Å²) in [7, 11) is 0. The number of ketones is 1. The van der Waals surface area contributed by atoms with Crippen molar-refractivity contribution < 1.29 is 14.0 Å². The zero-order valence-electron chi connectivity index (χ0n) is 14.8. The van der Waals surface area contributed by atoms with Crippen molar-refractivity contribution in [2.24, 2.45) is 0 Å². The van der Waals surface area contributed by atoms with E-state index in [-0.39, 0.29) is 5.69 Å². The Morgan fingerprint density at radius 1 is 1.00 bits per heavy atom. The van der Waals surface area contributed by atoms with E-state index < -0.39 is 17.5 Å². The van der Waals surface area contributed by atoms with Crippen molar-refractivity contribution in [3.8, 4) is 0 Å². The zero-order chi connectivity index (χ0) is 19.5. The van der Waals surface area contributed by atoms with Crippen molar-refractivity contribution in [2.45, 2.75) is 6.54 Å². The second-order valence-electron chi connectivity index (χ2n) is 6.33. The lowest BCUT2D eigenvalue weighted by atomic mass is 10.2. The van der Waals surface area contributed by atoms with Crippen LogP contribution in [0.5, 0.6) is 0 Å². The number of nitrogens with one attached hydrogen (secondary N) is 1. The van der Waals surface area contributed by atoms with Crippen LogP contribution in [0, 0.1) is 5.82 Å². The minimum Gasteiger partial charge on any atom is -0.333 e. The third-order valence-corrected chi connectivity index (χ3v) is 4.42. The minimum atomic E-state index is -0.776. The number of pyridine rings is 1.